The van der Waals surface area contributed by atoms with Crippen LogP contribution in [0.4, 0.5) is 0 Å². The lowest BCUT2D eigenvalue weighted by molar-refractivity contribution is -0.604. The molecular formula is C13H21N2O+. The predicted octanol–water partition coefficient (Wildman–Crippen LogP) is 1.72. The number of hydrazone groups is 1. The van der Waals surface area contributed by atoms with Crippen LogP contribution in [-0.4, -0.2) is 22.3 Å². The van der Waals surface area contributed by atoms with Crippen LogP contribution >= 0.6 is 0 Å². The van der Waals surface area contributed by atoms with E-state index in [2.05, 4.69) is 24.0 Å². The lowest BCUT2D eigenvalue weighted by Gasteiger charge is -2.17. The smallest absolute Gasteiger partial charge is 0.269 e. The minimum Gasteiger partial charge on any atom is -0.269 e. The molecule has 3 aliphatic rings. The Morgan fingerprint density at radius 3 is 2.69 bits per heavy atom. The Bertz CT molecular complexity index is 355. The number of hydrazine groups is 1. The van der Waals surface area contributed by atoms with Crippen molar-refractivity contribution in [2.45, 2.75) is 52.0 Å². The first kappa shape index (κ1) is 10.3. The number of fused-ring (bicyclic) bond motifs is 5. The minimum absolute atomic E-state index is 0.289. The zero-order valence-corrected chi connectivity index (χ0v) is 10.2. The fourth-order valence-corrected chi connectivity index (χ4v) is 4.15. The third-order valence-corrected chi connectivity index (χ3v) is 4.86. The van der Waals surface area contributed by atoms with E-state index < -0.39 is 0 Å². The number of hydrogen-bond acceptors (Lipinski definition) is 1. The van der Waals surface area contributed by atoms with E-state index in [-0.39, 0.29) is 5.91 Å². The minimum atomic E-state index is 0.289. The van der Waals surface area contributed by atoms with Crippen LogP contribution in [0.5, 0.6) is 0 Å². The second-order valence-corrected chi connectivity index (χ2v) is 5.47. The molecule has 1 N–H and O–H groups in total. The van der Waals surface area contributed by atoms with Crippen molar-refractivity contribution in [2.75, 3.05) is 0 Å². The first-order valence-electron chi connectivity index (χ1n) is 6.70. The van der Waals surface area contributed by atoms with Crippen LogP contribution in [0.15, 0.2) is 0 Å². The molecule has 3 fully saturated rings. The van der Waals surface area contributed by atoms with Gasteiger partial charge in [-0.15, -0.1) is 10.1 Å². The molecule has 0 spiro atoms. The van der Waals surface area contributed by atoms with Crippen molar-refractivity contribution >= 4 is 11.6 Å². The fraction of sp³-hybridized carbons (Fsp3) is 0.846. The Morgan fingerprint density at radius 1 is 1.31 bits per heavy atom. The molecule has 2 saturated carbocycles. The first-order chi connectivity index (χ1) is 7.76. The molecule has 88 valence electrons. The van der Waals surface area contributed by atoms with E-state index in [1.54, 1.807) is 0 Å². The summed E-state index contributed by atoms with van der Waals surface area (Å²) in [5.41, 5.74) is 4.51. The fourth-order valence-electron chi connectivity index (χ4n) is 4.15. The van der Waals surface area contributed by atoms with Gasteiger partial charge < -0.3 is 0 Å². The molecule has 0 aromatic rings. The number of hydrogen-bond donors (Lipinski definition) is 1. The molecule has 3 nitrogen and oxygen atoms in total. The van der Waals surface area contributed by atoms with Gasteiger partial charge in [-0.3, -0.25) is 4.79 Å². The van der Waals surface area contributed by atoms with Crippen molar-refractivity contribution in [3.8, 4) is 0 Å². The Hall–Kier alpha value is -0.860. The summed E-state index contributed by atoms with van der Waals surface area (Å²) in [7, 11) is 0. The molecule has 1 saturated heterocycles. The van der Waals surface area contributed by atoms with Crippen molar-refractivity contribution in [3.63, 3.8) is 0 Å². The summed E-state index contributed by atoms with van der Waals surface area (Å²) < 4.78 is 2.23. The lowest BCUT2D eigenvalue weighted by Crippen LogP contribution is -2.37. The van der Waals surface area contributed by atoms with Crippen LogP contribution in [0.25, 0.3) is 0 Å². The van der Waals surface area contributed by atoms with Crippen LogP contribution in [0.2, 0.25) is 0 Å². The van der Waals surface area contributed by atoms with Gasteiger partial charge in [-0.2, -0.15) is 0 Å². The molecule has 2 bridgehead atoms. The number of amides is 1. The van der Waals surface area contributed by atoms with Gasteiger partial charge >= 0.3 is 0 Å². The molecule has 0 aromatic heterocycles. The van der Waals surface area contributed by atoms with Gasteiger partial charge in [0.25, 0.3) is 5.91 Å². The van der Waals surface area contributed by atoms with Crippen LogP contribution in [0, 0.1) is 17.8 Å². The summed E-state index contributed by atoms with van der Waals surface area (Å²) in [6.45, 7) is 4.37. The van der Waals surface area contributed by atoms with Crippen LogP contribution in [-0.2, 0) is 4.79 Å². The highest BCUT2D eigenvalue weighted by molar-refractivity contribution is 5.84. The molecule has 1 heterocycles. The van der Waals surface area contributed by atoms with Gasteiger partial charge in [0.2, 0.25) is 0 Å². The zero-order valence-electron chi connectivity index (χ0n) is 10.2. The number of nitrogens with zero attached hydrogens (tertiary/aromatic N) is 1. The second kappa shape index (κ2) is 3.57. The highest BCUT2D eigenvalue weighted by Crippen LogP contribution is 2.51. The molecular weight excluding hydrogens is 200 g/mol. The number of rotatable bonds is 2. The number of carbonyl (C=O) groups is 1. The highest BCUT2D eigenvalue weighted by Gasteiger charge is 2.62. The largest absolute Gasteiger partial charge is 0.284 e. The van der Waals surface area contributed by atoms with Crippen molar-refractivity contribution < 1.29 is 9.48 Å². The van der Waals surface area contributed by atoms with E-state index in [1.165, 1.54) is 25.0 Å². The van der Waals surface area contributed by atoms with Crippen molar-refractivity contribution in [1.82, 2.24) is 5.43 Å². The SMILES string of the molecule is CCC(CC)=[N+]1NC(=O)C2C3CCC(C3)C21. The van der Waals surface area contributed by atoms with Crippen molar-refractivity contribution in [2.24, 2.45) is 17.8 Å². The maximum Gasteiger partial charge on any atom is 0.284 e. The van der Waals surface area contributed by atoms with E-state index in [9.17, 15) is 4.79 Å². The average Bonchev–Trinajstić information content (AvgIpc) is 2.94. The van der Waals surface area contributed by atoms with Gasteiger partial charge in [-0.25, -0.2) is 0 Å². The number of nitrogens with one attached hydrogen (secondary N) is 1. The second-order valence-electron chi connectivity index (χ2n) is 5.47. The molecule has 16 heavy (non-hydrogen) atoms. The summed E-state index contributed by atoms with van der Waals surface area (Å²) >= 11 is 0. The van der Waals surface area contributed by atoms with E-state index in [4.69, 9.17) is 0 Å². The molecule has 3 rings (SSSR count). The summed E-state index contributed by atoms with van der Waals surface area (Å²) in [5, 5.41) is 0. The summed E-state index contributed by atoms with van der Waals surface area (Å²) in [6.07, 6.45) is 6.01. The van der Waals surface area contributed by atoms with Crippen molar-refractivity contribution in [3.05, 3.63) is 0 Å². The van der Waals surface area contributed by atoms with E-state index in [0.29, 0.717) is 17.9 Å². The molecule has 3 heteroatoms. The van der Waals surface area contributed by atoms with E-state index in [0.717, 1.165) is 18.8 Å². The Morgan fingerprint density at radius 2 is 2.00 bits per heavy atom. The quantitative estimate of drug-likeness (QED) is 0.707. The van der Waals surface area contributed by atoms with Gasteiger partial charge in [0.1, 0.15) is 5.92 Å². The van der Waals surface area contributed by atoms with Gasteiger partial charge in [0, 0.05) is 18.8 Å². The number of carbonyl (C=O) groups excluding carboxylic acids is 1. The monoisotopic (exact) mass is 221 g/mol. The van der Waals surface area contributed by atoms with Gasteiger partial charge in [0.15, 0.2) is 11.8 Å². The van der Waals surface area contributed by atoms with Gasteiger partial charge in [-0.05, 0) is 25.2 Å². The molecule has 1 aliphatic heterocycles. The van der Waals surface area contributed by atoms with Crippen LogP contribution in [0.1, 0.15) is 46.0 Å². The molecule has 1 amide bonds. The summed E-state index contributed by atoms with van der Waals surface area (Å²) in [6, 6.07) is 0.487. The highest BCUT2D eigenvalue weighted by atomic mass is 16.2. The zero-order chi connectivity index (χ0) is 11.3. The maximum atomic E-state index is 12.0. The Balaban J connectivity index is 1.99. The topological polar surface area (TPSA) is 32.1 Å². The summed E-state index contributed by atoms with van der Waals surface area (Å²) in [5.74, 6) is 2.03. The molecule has 0 aromatic carbocycles. The van der Waals surface area contributed by atoms with Crippen LogP contribution in [0.3, 0.4) is 0 Å². The lowest BCUT2D eigenvalue weighted by atomic mass is 9.85. The molecule has 2 aliphatic carbocycles. The maximum absolute atomic E-state index is 12.0. The molecule has 4 atom stereocenters. The predicted molar refractivity (Wildman–Crippen MR) is 62.1 cm³/mol. The third kappa shape index (κ3) is 1.20. The summed E-state index contributed by atoms with van der Waals surface area (Å²) in [4.78, 5) is 12.0. The first-order valence-corrected chi connectivity index (χ1v) is 6.70. The van der Waals surface area contributed by atoms with E-state index >= 15 is 0 Å². The average molecular weight is 221 g/mol. The third-order valence-electron chi connectivity index (χ3n) is 4.86. The van der Waals surface area contributed by atoms with Crippen molar-refractivity contribution in [1.29, 1.82) is 0 Å². The van der Waals surface area contributed by atoms with Gasteiger partial charge in [-0.1, -0.05) is 13.8 Å². The normalized spacial score (nSPS) is 40.1. The van der Waals surface area contributed by atoms with Crippen LogP contribution < -0.4 is 5.43 Å². The van der Waals surface area contributed by atoms with Gasteiger partial charge in [0.05, 0.1) is 0 Å². The Labute approximate surface area is 96.9 Å². The standard InChI is InChI=1S/C13H20N2O/c1-3-10(4-2)15-12-9-6-5-8(7-9)11(12)13(16)14-15/h8-9,11-12H,3-7H2,1-2H3/p+1. The van der Waals surface area contributed by atoms with E-state index in [1.807, 2.05) is 0 Å². The molecule has 4 unspecified atom stereocenters. The molecule has 0 radical (unpaired) electrons. The Kier molecular flexibility index (Phi) is 2.30.